The molecule has 37 heavy (non-hydrogen) atoms. The second-order valence-corrected chi connectivity index (χ2v) is 12.9. The SMILES string of the molecule is O=C(/C=C1\CC[C@]12CC[C@@]1(O)[C@H]3Cc4ccc(O)c5c4[C@@]1(CCN3CC1CC1)[C@H]2O5)N1CCCOCC1. The smallest absolute Gasteiger partial charge is 0.246 e. The molecule has 0 aromatic heterocycles. The highest BCUT2D eigenvalue weighted by molar-refractivity contribution is 5.89. The van der Waals surface area contributed by atoms with Crippen LogP contribution in [-0.2, 0) is 21.4 Å². The van der Waals surface area contributed by atoms with Gasteiger partial charge in [0.15, 0.2) is 11.5 Å². The molecule has 7 heteroatoms. The van der Waals surface area contributed by atoms with Gasteiger partial charge in [0.2, 0.25) is 5.91 Å². The molecule has 3 aliphatic heterocycles. The Morgan fingerprint density at radius 1 is 1.11 bits per heavy atom. The van der Waals surface area contributed by atoms with Gasteiger partial charge in [-0.1, -0.05) is 11.6 Å². The normalized spacial score (nSPS) is 41.2. The fraction of sp³-hybridized carbons (Fsp3) is 0.700. The molecule has 2 saturated heterocycles. The average molecular weight is 507 g/mol. The summed E-state index contributed by atoms with van der Waals surface area (Å²) < 4.78 is 12.4. The molecule has 8 rings (SSSR count). The first-order valence-corrected chi connectivity index (χ1v) is 14.5. The number of nitrogens with zero attached hydrogens (tertiary/aromatic N) is 2. The Bertz CT molecular complexity index is 1190. The van der Waals surface area contributed by atoms with Crippen molar-refractivity contribution in [3.63, 3.8) is 0 Å². The summed E-state index contributed by atoms with van der Waals surface area (Å²) in [4.78, 5) is 17.9. The van der Waals surface area contributed by atoms with E-state index < -0.39 is 11.0 Å². The van der Waals surface area contributed by atoms with Crippen molar-refractivity contribution in [2.75, 3.05) is 39.4 Å². The van der Waals surface area contributed by atoms with Crippen LogP contribution in [0, 0.1) is 11.3 Å². The average Bonchev–Trinajstić information content (AvgIpc) is 3.67. The lowest BCUT2D eigenvalue weighted by molar-refractivity contribution is -0.218. The first kappa shape index (κ1) is 22.9. The van der Waals surface area contributed by atoms with Gasteiger partial charge in [-0.15, -0.1) is 0 Å². The minimum atomic E-state index is -0.880. The van der Waals surface area contributed by atoms with Crippen molar-refractivity contribution in [1.29, 1.82) is 0 Å². The third-order valence-corrected chi connectivity index (χ3v) is 11.3. The van der Waals surface area contributed by atoms with Crippen LogP contribution in [0.2, 0.25) is 0 Å². The number of likely N-dealkylation sites (tertiary alicyclic amines) is 1. The Labute approximate surface area is 218 Å². The van der Waals surface area contributed by atoms with E-state index in [-0.39, 0.29) is 29.2 Å². The predicted molar refractivity (Wildman–Crippen MR) is 137 cm³/mol. The molecule has 3 saturated carbocycles. The number of amides is 1. The van der Waals surface area contributed by atoms with Crippen LogP contribution in [-0.4, -0.2) is 83.1 Å². The van der Waals surface area contributed by atoms with Gasteiger partial charge in [0.25, 0.3) is 0 Å². The summed E-state index contributed by atoms with van der Waals surface area (Å²) in [5.74, 6) is 1.64. The van der Waals surface area contributed by atoms with E-state index in [2.05, 4.69) is 11.0 Å². The molecule has 7 nitrogen and oxygen atoms in total. The van der Waals surface area contributed by atoms with Crippen LogP contribution in [0.25, 0.3) is 0 Å². The largest absolute Gasteiger partial charge is 0.504 e. The minimum absolute atomic E-state index is 0.0812. The Morgan fingerprint density at radius 3 is 2.81 bits per heavy atom. The number of ether oxygens (including phenoxy) is 2. The first-order valence-electron chi connectivity index (χ1n) is 14.5. The number of rotatable bonds is 3. The highest BCUT2D eigenvalue weighted by Gasteiger charge is 2.77. The fourth-order valence-corrected chi connectivity index (χ4v) is 9.21. The maximum Gasteiger partial charge on any atom is 0.246 e. The zero-order valence-corrected chi connectivity index (χ0v) is 21.6. The molecule has 2 spiro atoms. The zero-order chi connectivity index (χ0) is 25.0. The van der Waals surface area contributed by atoms with Gasteiger partial charge in [-0.3, -0.25) is 9.69 Å². The molecule has 1 aromatic rings. The van der Waals surface area contributed by atoms with Gasteiger partial charge in [-0.25, -0.2) is 0 Å². The summed E-state index contributed by atoms with van der Waals surface area (Å²) in [5, 5.41) is 23.7. The van der Waals surface area contributed by atoms with E-state index in [9.17, 15) is 15.0 Å². The molecule has 0 radical (unpaired) electrons. The van der Waals surface area contributed by atoms with Crippen molar-refractivity contribution in [3.8, 4) is 11.5 Å². The summed E-state index contributed by atoms with van der Waals surface area (Å²) in [5.41, 5.74) is 1.82. The molecule has 1 amide bonds. The van der Waals surface area contributed by atoms with Gasteiger partial charge in [-0.05, 0) is 81.9 Å². The highest BCUT2D eigenvalue weighted by atomic mass is 16.5. The summed E-state index contributed by atoms with van der Waals surface area (Å²) in [7, 11) is 0. The zero-order valence-electron chi connectivity index (χ0n) is 21.6. The van der Waals surface area contributed by atoms with Crippen molar-refractivity contribution in [2.45, 2.75) is 80.9 Å². The number of aromatic hydroxyl groups is 1. The van der Waals surface area contributed by atoms with Crippen molar-refractivity contribution < 1.29 is 24.5 Å². The maximum absolute atomic E-state index is 13.4. The quantitative estimate of drug-likeness (QED) is 0.614. The molecule has 3 heterocycles. The van der Waals surface area contributed by atoms with Gasteiger partial charge in [0.1, 0.15) is 6.10 Å². The lowest BCUT2D eigenvalue weighted by atomic mass is 9.40. The van der Waals surface area contributed by atoms with Crippen LogP contribution in [0.4, 0.5) is 0 Å². The van der Waals surface area contributed by atoms with E-state index in [1.165, 1.54) is 24.0 Å². The molecule has 7 aliphatic rings. The van der Waals surface area contributed by atoms with Crippen molar-refractivity contribution in [1.82, 2.24) is 9.80 Å². The monoisotopic (exact) mass is 506 g/mol. The topological polar surface area (TPSA) is 82.5 Å². The number of phenolic OH excluding ortho intramolecular Hbond substituents is 1. The van der Waals surface area contributed by atoms with Crippen molar-refractivity contribution in [3.05, 3.63) is 34.9 Å². The molecule has 1 aromatic carbocycles. The van der Waals surface area contributed by atoms with Gasteiger partial charge >= 0.3 is 0 Å². The minimum Gasteiger partial charge on any atom is -0.504 e. The van der Waals surface area contributed by atoms with Crippen molar-refractivity contribution in [2.24, 2.45) is 11.3 Å². The van der Waals surface area contributed by atoms with E-state index >= 15 is 0 Å². The van der Waals surface area contributed by atoms with E-state index in [0.717, 1.165) is 76.1 Å². The van der Waals surface area contributed by atoms with Crippen LogP contribution in [0.5, 0.6) is 11.5 Å². The van der Waals surface area contributed by atoms with Crippen LogP contribution in [0.3, 0.4) is 0 Å². The molecule has 4 aliphatic carbocycles. The summed E-state index contributed by atoms with van der Waals surface area (Å²) in [6.45, 7) is 4.72. The number of phenols is 1. The highest BCUT2D eigenvalue weighted by Crippen LogP contribution is 2.72. The Morgan fingerprint density at radius 2 is 2.00 bits per heavy atom. The van der Waals surface area contributed by atoms with Crippen molar-refractivity contribution >= 4 is 5.91 Å². The third-order valence-electron chi connectivity index (χ3n) is 11.3. The Kier molecular flexibility index (Phi) is 4.78. The number of carbonyl (C=O) groups excluding carboxylic acids is 1. The second kappa shape index (κ2) is 7.73. The van der Waals surface area contributed by atoms with Crippen LogP contribution in [0.15, 0.2) is 23.8 Å². The standard InChI is InChI=1S/C30H38N2O5/c33-22-5-4-20-16-23-30(35)9-8-28(7-6-21(28)17-24(34)31-11-1-14-36-15-13-31)27-29(30,25(20)26(22)37-27)10-12-32(23)18-19-2-3-19/h4-5,17,19,23,27,33,35H,1-3,6-16,18H2/b21-17+/t23-,27+,28+,29+,30-/m1/s1. The summed E-state index contributed by atoms with van der Waals surface area (Å²) in [6.07, 6.45) is 10.2. The fourth-order valence-electron chi connectivity index (χ4n) is 9.21. The number of hydrogen-bond acceptors (Lipinski definition) is 6. The van der Waals surface area contributed by atoms with Gasteiger partial charge in [0, 0.05) is 49.3 Å². The summed E-state index contributed by atoms with van der Waals surface area (Å²) in [6, 6.07) is 3.93. The third kappa shape index (κ3) is 2.91. The molecular formula is C30H38N2O5. The Balaban J connectivity index is 1.21. The molecule has 5 fully saturated rings. The number of fused-ring (bicyclic) bond motifs is 1. The van der Waals surface area contributed by atoms with E-state index in [4.69, 9.17) is 9.47 Å². The molecule has 198 valence electrons. The predicted octanol–water partition coefficient (Wildman–Crippen LogP) is 2.91. The molecule has 0 unspecified atom stereocenters. The van der Waals surface area contributed by atoms with Gasteiger partial charge < -0.3 is 24.6 Å². The van der Waals surface area contributed by atoms with Crippen LogP contribution < -0.4 is 4.74 Å². The number of benzene rings is 1. The lowest BCUT2D eigenvalue weighted by Crippen LogP contribution is -2.78. The van der Waals surface area contributed by atoms with E-state index in [1.807, 2.05) is 11.0 Å². The number of carbonyl (C=O) groups is 1. The van der Waals surface area contributed by atoms with E-state index in [0.29, 0.717) is 25.5 Å². The molecule has 2 N–H and O–H groups in total. The number of hydrogen-bond donors (Lipinski definition) is 2. The molecular weight excluding hydrogens is 468 g/mol. The van der Waals surface area contributed by atoms with E-state index in [1.54, 1.807) is 6.07 Å². The van der Waals surface area contributed by atoms with Gasteiger partial charge in [0.05, 0.1) is 17.6 Å². The summed E-state index contributed by atoms with van der Waals surface area (Å²) >= 11 is 0. The lowest BCUT2D eigenvalue weighted by Gasteiger charge is -2.68. The number of aliphatic hydroxyl groups is 1. The number of piperidine rings is 1. The maximum atomic E-state index is 13.4. The Hall–Kier alpha value is -2.09. The second-order valence-electron chi connectivity index (χ2n) is 12.9. The molecule has 5 atom stereocenters. The molecule has 2 bridgehead atoms. The van der Waals surface area contributed by atoms with Crippen LogP contribution >= 0.6 is 0 Å². The van der Waals surface area contributed by atoms with Gasteiger partial charge in [-0.2, -0.15) is 0 Å². The van der Waals surface area contributed by atoms with Crippen LogP contribution in [0.1, 0.15) is 62.5 Å². The first-order chi connectivity index (χ1) is 18.0.